The molecule has 0 aliphatic heterocycles. The van der Waals surface area contributed by atoms with Crippen LogP contribution in [0.25, 0.3) is 10.6 Å². The van der Waals surface area contributed by atoms with Crippen molar-refractivity contribution in [3.8, 4) is 10.6 Å². The van der Waals surface area contributed by atoms with Gasteiger partial charge in [-0.3, -0.25) is 4.79 Å². The van der Waals surface area contributed by atoms with Crippen LogP contribution in [0.3, 0.4) is 0 Å². The number of aromatic nitrogens is 1. The van der Waals surface area contributed by atoms with Gasteiger partial charge in [0.2, 0.25) is 5.91 Å². The summed E-state index contributed by atoms with van der Waals surface area (Å²) >= 11 is 3.18. The second-order valence-corrected chi connectivity index (χ2v) is 6.41. The molecule has 0 spiro atoms. The number of carbonyl (C=O) groups is 1. The van der Waals surface area contributed by atoms with E-state index >= 15 is 0 Å². The van der Waals surface area contributed by atoms with E-state index in [4.69, 9.17) is 5.73 Å². The smallest absolute Gasteiger partial charge is 0.227 e. The van der Waals surface area contributed by atoms with Gasteiger partial charge in [0.1, 0.15) is 0 Å². The number of carbonyl (C=O) groups excluding carboxylic acids is 1. The first-order valence-corrected chi connectivity index (χ1v) is 7.88. The first-order valence-electron chi connectivity index (χ1n) is 6.18. The summed E-state index contributed by atoms with van der Waals surface area (Å²) in [5.74, 6) is -0.0867. The van der Waals surface area contributed by atoms with E-state index in [9.17, 15) is 4.79 Å². The van der Waals surface area contributed by atoms with Crippen molar-refractivity contribution in [3.05, 3.63) is 22.4 Å². The van der Waals surface area contributed by atoms with Crippen LogP contribution in [0, 0.1) is 0 Å². The molecule has 20 heavy (non-hydrogen) atoms. The lowest BCUT2D eigenvalue weighted by molar-refractivity contribution is -0.116. The number of nitrogens with one attached hydrogen (secondary N) is 1. The monoisotopic (exact) mass is 331 g/mol. The van der Waals surface area contributed by atoms with E-state index in [2.05, 4.69) is 29.4 Å². The third-order valence-corrected chi connectivity index (χ3v) is 4.53. The molecule has 2 rings (SSSR count). The number of amides is 1. The van der Waals surface area contributed by atoms with Gasteiger partial charge < -0.3 is 11.1 Å². The van der Waals surface area contributed by atoms with Gasteiger partial charge in [0.25, 0.3) is 0 Å². The topological polar surface area (TPSA) is 68.0 Å². The van der Waals surface area contributed by atoms with E-state index in [1.807, 2.05) is 12.3 Å². The van der Waals surface area contributed by atoms with Crippen molar-refractivity contribution >= 4 is 46.1 Å². The Labute approximate surface area is 132 Å². The molecule has 0 aliphatic rings. The summed E-state index contributed by atoms with van der Waals surface area (Å²) < 4.78 is 0. The van der Waals surface area contributed by atoms with Gasteiger partial charge in [0.15, 0.2) is 5.13 Å². The highest BCUT2D eigenvalue weighted by Gasteiger charge is 2.10. The number of nitrogens with zero attached hydrogens (tertiary/aromatic N) is 1. The lowest BCUT2D eigenvalue weighted by Gasteiger charge is -2.03. The largest absolute Gasteiger partial charge is 0.327 e. The van der Waals surface area contributed by atoms with Gasteiger partial charge in [-0.2, -0.15) is 0 Å². The molecule has 0 aliphatic carbocycles. The lowest BCUT2D eigenvalue weighted by atomic mass is 10.2. The summed E-state index contributed by atoms with van der Waals surface area (Å²) in [4.78, 5) is 18.5. The number of anilines is 1. The zero-order valence-electron chi connectivity index (χ0n) is 11.4. The van der Waals surface area contributed by atoms with E-state index in [1.165, 1.54) is 16.2 Å². The van der Waals surface area contributed by atoms with E-state index in [1.54, 1.807) is 11.3 Å². The van der Waals surface area contributed by atoms with E-state index in [0.29, 0.717) is 11.6 Å². The Morgan fingerprint density at radius 3 is 2.85 bits per heavy atom. The van der Waals surface area contributed by atoms with Crippen molar-refractivity contribution in [1.82, 2.24) is 4.98 Å². The minimum atomic E-state index is -0.135. The highest BCUT2D eigenvalue weighted by atomic mass is 35.5. The lowest BCUT2D eigenvalue weighted by Crippen LogP contribution is -2.23. The van der Waals surface area contributed by atoms with Crippen LogP contribution in [0.1, 0.15) is 25.1 Å². The molecule has 0 fully saturated rings. The molecule has 0 radical (unpaired) electrons. The Hall–Kier alpha value is -0.950. The molecule has 110 valence electrons. The highest BCUT2D eigenvalue weighted by molar-refractivity contribution is 7.17. The Kier molecular flexibility index (Phi) is 6.61. The van der Waals surface area contributed by atoms with Gasteiger partial charge in [0.05, 0.1) is 10.6 Å². The third kappa shape index (κ3) is 4.56. The van der Waals surface area contributed by atoms with Crippen molar-refractivity contribution in [1.29, 1.82) is 0 Å². The van der Waals surface area contributed by atoms with Crippen LogP contribution < -0.4 is 11.1 Å². The Balaban J connectivity index is 0.00000200. The fourth-order valence-electron chi connectivity index (χ4n) is 1.61. The van der Waals surface area contributed by atoms with Crippen molar-refractivity contribution in [2.24, 2.45) is 5.73 Å². The number of hydrogen-bond donors (Lipinski definition) is 2. The number of aryl methyl sites for hydroxylation is 1. The van der Waals surface area contributed by atoms with Crippen LogP contribution in [0.15, 0.2) is 17.5 Å². The molecule has 1 atom stereocenters. The van der Waals surface area contributed by atoms with Gasteiger partial charge in [-0.15, -0.1) is 35.1 Å². The van der Waals surface area contributed by atoms with Crippen LogP contribution in [0.5, 0.6) is 0 Å². The summed E-state index contributed by atoms with van der Waals surface area (Å²) in [6, 6.07) is 4.06. The number of rotatable bonds is 5. The van der Waals surface area contributed by atoms with Crippen LogP contribution >= 0.6 is 35.1 Å². The number of thiazole rings is 1. The standard InChI is InChI=1S/C13H17N3OS2.ClH/c1-3-9-4-5-11(19-9)10-7-18-13(15-10)16-12(17)6-8(2)14;/h4-5,7-8H,3,6,14H2,1-2H3,(H,15,16,17);1H. The molecule has 0 saturated heterocycles. The number of hydrogen-bond acceptors (Lipinski definition) is 5. The van der Waals surface area contributed by atoms with Crippen molar-refractivity contribution in [3.63, 3.8) is 0 Å². The zero-order chi connectivity index (χ0) is 13.8. The summed E-state index contributed by atoms with van der Waals surface area (Å²) in [7, 11) is 0. The Morgan fingerprint density at radius 1 is 1.50 bits per heavy atom. The second-order valence-electron chi connectivity index (χ2n) is 4.39. The van der Waals surface area contributed by atoms with E-state index in [-0.39, 0.29) is 24.4 Å². The third-order valence-electron chi connectivity index (χ3n) is 2.52. The first-order chi connectivity index (χ1) is 9.08. The zero-order valence-corrected chi connectivity index (χ0v) is 13.8. The van der Waals surface area contributed by atoms with Crippen molar-refractivity contribution < 1.29 is 4.79 Å². The first kappa shape index (κ1) is 17.1. The molecular weight excluding hydrogens is 314 g/mol. The predicted molar refractivity (Wildman–Crippen MR) is 88.9 cm³/mol. The fraction of sp³-hybridized carbons (Fsp3) is 0.385. The molecule has 2 heterocycles. The molecular formula is C13H18ClN3OS2. The molecule has 3 N–H and O–H groups in total. The van der Waals surface area contributed by atoms with E-state index < -0.39 is 0 Å². The van der Waals surface area contributed by atoms with Crippen LogP contribution in [-0.2, 0) is 11.2 Å². The van der Waals surface area contributed by atoms with Gasteiger partial charge >= 0.3 is 0 Å². The SMILES string of the molecule is CCc1ccc(-c2csc(NC(=O)CC(C)N)n2)s1.Cl. The van der Waals surface area contributed by atoms with Gasteiger partial charge in [-0.25, -0.2) is 4.98 Å². The second kappa shape index (κ2) is 7.73. The summed E-state index contributed by atoms with van der Waals surface area (Å²) in [5.41, 5.74) is 6.51. The maximum absolute atomic E-state index is 11.6. The summed E-state index contributed by atoms with van der Waals surface area (Å²) in [6.07, 6.45) is 1.35. The molecule has 1 unspecified atom stereocenters. The Morgan fingerprint density at radius 2 is 2.25 bits per heavy atom. The molecule has 0 aromatic carbocycles. The molecule has 2 aromatic rings. The molecule has 0 bridgehead atoms. The van der Waals surface area contributed by atoms with Gasteiger partial charge in [0, 0.05) is 22.7 Å². The number of halogens is 1. The van der Waals surface area contributed by atoms with Crippen LogP contribution in [-0.4, -0.2) is 16.9 Å². The molecule has 1 amide bonds. The normalized spacial score (nSPS) is 11.8. The predicted octanol–water partition coefficient (Wildman–Crippen LogP) is 3.53. The summed E-state index contributed by atoms with van der Waals surface area (Å²) in [6.45, 7) is 3.95. The molecule has 2 aromatic heterocycles. The number of thiophene rings is 1. The fourth-order valence-corrected chi connectivity index (χ4v) is 3.32. The van der Waals surface area contributed by atoms with Gasteiger partial charge in [-0.1, -0.05) is 6.92 Å². The van der Waals surface area contributed by atoms with Crippen LogP contribution in [0.4, 0.5) is 5.13 Å². The van der Waals surface area contributed by atoms with Crippen LogP contribution in [0.2, 0.25) is 0 Å². The highest BCUT2D eigenvalue weighted by Crippen LogP contribution is 2.30. The quantitative estimate of drug-likeness (QED) is 0.880. The maximum atomic E-state index is 11.6. The van der Waals surface area contributed by atoms with Crippen molar-refractivity contribution in [2.75, 3.05) is 5.32 Å². The molecule has 7 heteroatoms. The minimum Gasteiger partial charge on any atom is -0.327 e. The van der Waals surface area contributed by atoms with Crippen molar-refractivity contribution in [2.45, 2.75) is 32.7 Å². The van der Waals surface area contributed by atoms with E-state index in [0.717, 1.165) is 17.0 Å². The average molecular weight is 332 g/mol. The maximum Gasteiger partial charge on any atom is 0.227 e. The minimum absolute atomic E-state index is 0. The average Bonchev–Trinajstić information content (AvgIpc) is 2.95. The molecule has 4 nitrogen and oxygen atoms in total. The Bertz CT molecular complexity index is 565. The van der Waals surface area contributed by atoms with Gasteiger partial charge in [-0.05, 0) is 25.5 Å². The number of nitrogens with two attached hydrogens (primary N) is 1. The molecule has 0 saturated carbocycles. The summed E-state index contributed by atoms with van der Waals surface area (Å²) in [5, 5.41) is 5.37.